The van der Waals surface area contributed by atoms with E-state index in [9.17, 15) is 19.1 Å². The molecule has 0 aromatic heterocycles. The van der Waals surface area contributed by atoms with Crippen LogP contribution in [0.4, 0.5) is 4.39 Å². The second-order valence-electron chi connectivity index (χ2n) is 5.94. The highest BCUT2D eigenvalue weighted by Gasteiger charge is 2.32. The maximum Gasteiger partial charge on any atom is 0.326 e. The molecule has 2 aromatic carbocycles. The molecular weight excluding hydrogens is 339 g/mol. The molecule has 0 saturated carbocycles. The zero-order valence-electron chi connectivity index (χ0n) is 13.8. The van der Waals surface area contributed by atoms with Crippen molar-refractivity contribution in [1.82, 2.24) is 5.32 Å². The van der Waals surface area contributed by atoms with Gasteiger partial charge in [-0.25, -0.2) is 9.18 Å². The van der Waals surface area contributed by atoms with Gasteiger partial charge in [-0.05, 0) is 17.7 Å². The van der Waals surface area contributed by atoms with Gasteiger partial charge in [-0.2, -0.15) is 0 Å². The maximum atomic E-state index is 13.3. The number of amides is 1. The summed E-state index contributed by atoms with van der Waals surface area (Å²) in [4.78, 5) is 28.9. The lowest BCUT2D eigenvalue weighted by Gasteiger charge is -2.16. The summed E-state index contributed by atoms with van der Waals surface area (Å²) in [6.07, 6.45) is -0.634. The number of hydrogen-bond donors (Lipinski definition) is 2. The summed E-state index contributed by atoms with van der Waals surface area (Å²) in [7, 11) is 0. The van der Waals surface area contributed by atoms with Crippen LogP contribution >= 0.6 is 0 Å². The Hall–Kier alpha value is -3.22. The first-order chi connectivity index (χ1) is 12.5. The molecule has 3 rings (SSSR count). The fourth-order valence-corrected chi connectivity index (χ4v) is 2.67. The SMILES string of the molecule is O=C(O)[C@H](Cc1ccccc1)NC(=O)[C@H]1CC(c2cccc(F)c2)=NO1. The number of aliphatic carboxylic acids is 1. The number of carboxylic acids is 1. The Bertz CT molecular complexity index is 838. The first kappa shape index (κ1) is 17.6. The minimum atomic E-state index is -1.13. The highest BCUT2D eigenvalue weighted by molar-refractivity contribution is 6.04. The Kier molecular flexibility index (Phi) is 5.26. The van der Waals surface area contributed by atoms with Gasteiger partial charge in [0.05, 0.1) is 5.71 Å². The molecule has 26 heavy (non-hydrogen) atoms. The molecule has 2 N–H and O–H groups in total. The van der Waals surface area contributed by atoms with Crippen molar-refractivity contribution in [1.29, 1.82) is 0 Å². The number of carbonyl (C=O) groups excluding carboxylic acids is 1. The van der Waals surface area contributed by atoms with Crippen molar-refractivity contribution in [3.8, 4) is 0 Å². The lowest BCUT2D eigenvalue weighted by molar-refractivity contribution is -0.143. The molecule has 1 heterocycles. The van der Waals surface area contributed by atoms with Gasteiger partial charge in [0.2, 0.25) is 6.10 Å². The number of benzene rings is 2. The van der Waals surface area contributed by atoms with E-state index in [0.29, 0.717) is 11.3 Å². The average molecular weight is 356 g/mol. The summed E-state index contributed by atoms with van der Waals surface area (Å²) in [5.74, 6) is -2.11. The summed E-state index contributed by atoms with van der Waals surface area (Å²) in [6.45, 7) is 0. The van der Waals surface area contributed by atoms with E-state index in [-0.39, 0.29) is 12.8 Å². The second kappa shape index (κ2) is 7.77. The summed E-state index contributed by atoms with van der Waals surface area (Å²) < 4.78 is 13.3. The van der Waals surface area contributed by atoms with Gasteiger partial charge < -0.3 is 15.3 Å². The molecule has 0 fully saturated rings. The minimum Gasteiger partial charge on any atom is -0.480 e. The zero-order valence-corrected chi connectivity index (χ0v) is 13.8. The van der Waals surface area contributed by atoms with E-state index in [0.717, 1.165) is 5.56 Å². The number of nitrogens with zero attached hydrogens (tertiary/aromatic N) is 1. The number of nitrogens with one attached hydrogen (secondary N) is 1. The summed E-state index contributed by atoms with van der Waals surface area (Å²) >= 11 is 0. The topological polar surface area (TPSA) is 88.0 Å². The van der Waals surface area contributed by atoms with E-state index in [4.69, 9.17) is 4.84 Å². The van der Waals surface area contributed by atoms with Crippen LogP contribution in [0.3, 0.4) is 0 Å². The van der Waals surface area contributed by atoms with Gasteiger partial charge in [0.1, 0.15) is 11.9 Å². The molecule has 1 aliphatic rings. The van der Waals surface area contributed by atoms with E-state index in [2.05, 4.69) is 10.5 Å². The van der Waals surface area contributed by atoms with Gasteiger partial charge in [0, 0.05) is 18.4 Å². The van der Waals surface area contributed by atoms with Gasteiger partial charge in [-0.1, -0.05) is 47.6 Å². The smallest absolute Gasteiger partial charge is 0.326 e. The second-order valence-corrected chi connectivity index (χ2v) is 5.94. The normalized spacial score (nSPS) is 17.1. The van der Waals surface area contributed by atoms with E-state index in [1.807, 2.05) is 6.07 Å². The van der Waals surface area contributed by atoms with E-state index in [1.165, 1.54) is 12.1 Å². The van der Waals surface area contributed by atoms with Crippen LogP contribution in [0, 0.1) is 5.82 Å². The summed E-state index contributed by atoms with van der Waals surface area (Å²) in [5, 5.41) is 15.7. The van der Waals surface area contributed by atoms with Gasteiger partial charge in [-0.3, -0.25) is 4.79 Å². The number of carboxylic acid groups (broad SMARTS) is 1. The first-order valence-electron chi connectivity index (χ1n) is 8.08. The number of halogens is 1. The Morgan fingerprint density at radius 2 is 2.00 bits per heavy atom. The Morgan fingerprint density at radius 3 is 2.69 bits per heavy atom. The van der Waals surface area contributed by atoms with Crippen LogP contribution in [0.1, 0.15) is 17.5 Å². The molecule has 1 aliphatic heterocycles. The molecule has 1 amide bonds. The third-order valence-electron chi connectivity index (χ3n) is 4.02. The van der Waals surface area contributed by atoms with Crippen LogP contribution in [-0.4, -0.2) is 34.8 Å². The van der Waals surface area contributed by atoms with E-state index < -0.39 is 29.8 Å². The molecule has 0 unspecified atom stereocenters. The largest absolute Gasteiger partial charge is 0.480 e. The van der Waals surface area contributed by atoms with Crippen molar-refractivity contribution >= 4 is 17.6 Å². The van der Waals surface area contributed by atoms with Crippen LogP contribution in [-0.2, 0) is 20.8 Å². The van der Waals surface area contributed by atoms with Gasteiger partial charge >= 0.3 is 5.97 Å². The first-order valence-corrected chi connectivity index (χ1v) is 8.08. The molecule has 2 atom stereocenters. The standard InChI is InChI=1S/C19H17FN2O4/c20-14-8-4-7-13(10-14)15-11-17(26-22-15)18(23)21-16(19(24)25)9-12-5-2-1-3-6-12/h1-8,10,16-17H,9,11H2,(H,21,23)(H,24,25)/t16-,17+/m0/s1. The third-order valence-corrected chi connectivity index (χ3v) is 4.02. The van der Waals surface area contributed by atoms with Crippen molar-refractivity contribution in [2.45, 2.75) is 25.0 Å². The minimum absolute atomic E-state index is 0.146. The lowest BCUT2D eigenvalue weighted by atomic mass is 10.0. The third kappa shape index (κ3) is 4.24. The van der Waals surface area contributed by atoms with E-state index in [1.54, 1.807) is 36.4 Å². The van der Waals surface area contributed by atoms with Gasteiger partial charge in [0.25, 0.3) is 5.91 Å². The number of hydrogen-bond acceptors (Lipinski definition) is 4. The van der Waals surface area contributed by atoms with Crippen molar-refractivity contribution < 1.29 is 23.9 Å². The quantitative estimate of drug-likeness (QED) is 0.830. The molecule has 0 saturated heterocycles. The molecule has 0 bridgehead atoms. The molecule has 134 valence electrons. The van der Waals surface area contributed by atoms with E-state index >= 15 is 0 Å². The highest BCUT2D eigenvalue weighted by Crippen LogP contribution is 2.18. The number of oxime groups is 1. The molecular formula is C19H17FN2O4. The Morgan fingerprint density at radius 1 is 1.23 bits per heavy atom. The predicted octanol–water partition coefficient (Wildman–Crippen LogP) is 2.13. The Balaban J connectivity index is 1.61. The van der Waals surface area contributed by atoms with Crippen molar-refractivity contribution in [2.75, 3.05) is 0 Å². The predicted molar refractivity (Wildman–Crippen MR) is 92.1 cm³/mol. The maximum absolute atomic E-state index is 13.3. The fourth-order valence-electron chi connectivity index (χ4n) is 2.67. The fraction of sp³-hybridized carbons (Fsp3) is 0.211. The summed E-state index contributed by atoms with van der Waals surface area (Å²) in [5.41, 5.74) is 1.77. The lowest BCUT2D eigenvalue weighted by Crippen LogP contribution is -2.46. The monoisotopic (exact) mass is 356 g/mol. The van der Waals surface area contributed by atoms with Crippen molar-refractivity contribution in [3.63, 3.8) is 0 Å². The van der Waals surface area contributed by atoms with Crippen LogP contribution in [0.2, 0.25) is 0 Å². The zero-order chi connectivity index (χ0) is 18.5. The number of carbonyl (C=O) groups is 2. The average Bonchev–Trinajstić information content (AvgIpc) is 3.12. The van der Waals surface area contributed by atoms with Gasteiger partial charge in [0.15, 0.2) is 0 Å². The highest BCUT2D eigenvalue weighted by atomic mass is 19.1. The molecule has 0 radical (unpaired) electrons. The van der Waals surface area contributed by atoms with Crippen LogP contribution < -0.4 is 5.32 Å². The van der Waals surface area contributed by atoms with Gasteiger partial charge in [-0.15, -0.1) is 0 Å². The molecule has 2 aromatic rings. The van der Waals surface area contributed by atoms with Crippen LogP contribution in [0.25, 0.3) is 0 Å². The van der Waals surface area contributed by atoms with Crippen molar-refractivity contribution in [2.24, 2.45) is 5.16 Å². The van der Waals surface area contributed by atoms with Crippen molar-refractivity contribution in [3.05, 3.63) is 71.5 Å². The molecule has 7 heteroatoms. The summed E-state index contributed by atoms with van der Waals surface area (Å²) in [6, 6.07) is 13.8. The molecule has 0 spiro atoms. The number of rotatable bonds is 6. The molecule has 6 nitrogen and oxygen atoms in total. The van der Waals surface area contributed by atoms with Crippen LogP contribution in [0.15, 0.2) is 59.8 Å². The molecule has 0 aliphatic carbocycles. The Labute approximate surface area is 149 Å². The van der Waals surface area contributed by atoms with Crippen LogP contribution in [0.5, 0.6) is 0 Å².